The number of hydrogen-bond donors (Lipinski definition) is 5. The van der Waals surface area contributed by atoms with Crippen molar-refractivity contribution in [3.63, 3.8) is 0 Å². The van der Waals surface area contributed by atoms with E-state index in [1.807, 2.05) is 4.98 Å². The summed E-state index contributed by atoms with van der Waals surface area (Å²) in [6.07, 6.45) is 0.203. The van der Waals surface area contributed by atoms with Gasteiger partial charge in [-0.25, -0.2) is 9.59 Å². The fourth-order valence-corrected chi connectivity index (χ4v) is 1.60. The van der Waals surface area contributed by atoms with Crippen molar-refractivity contribution in [1.29, 1.82) is 0 Å². The van der Waals surface area contributed by atoms with Gasteiger partial charge in [0.05, 0.1) is 0 Å². The summed E-state index contributed by atoms with van der Waals surface area (Å²) >= 11 is 0. The number of aromatic nitrogens is 2. The standard InChI is InChI=1S/C11H16N4O5/c1-4(2)3-5(10(18)19)13-9(17)7-6(12)8(16)15-11(20)14-7/h4-5H,3,12H2,1-2H3,(H,13,17)(H,18,19)(H2,14,15,16,20). The molecule has 6 N–H and O–H groups in total. The number of H-pyrrole nitrogens is 2. The van der Waals surface area contributed by atoms with Gasteiger partial charge in [0.15, 0.2) is 0 Å². The Balaban J connectivity index is 3.04. The first-order valence-corrected chi connectivity index (χ1v) is 5.88. The van der Waals surface area contributed by atoms with Gasteiger partial charge in [-0.15, -0.1) is 0 Å². The van der Waals surface area contributed by atoms with Crippen molar-refractivity contribution in [1.82, 2.24) is 15.3 Å². The van der Waals surface area contributed by atoms with Crippen molar-refractivity contribution in [2.75, 3.05) is 5.73 Å². The van der Waals surface area contributed by atoms with Crippen LogP contribution in [-0.2, 0) is 4.79 Å². The minimum atomic E-state index is -1.21. The van der Waals surface area contributed by atoms with Gasteiger partial charge >= 0.3 is 11.7 Å². The minimum Gasteiger partial charge on any atom is -0.480 e. The molecule has 9 nitrogen and oxygen atoms in total. The number of carbonyl (C=O) groups excluding carboxylic acids is 1. The number of anilines is 1. The molecule has 9 heteroatoms. The number of carboxylic acids is 1. The molecule has 0 fully saturated rings. The highest BCUT2D eigenvalue weighted by atomic mass is 16.4. The van der Waals surface area contributed by atoms with Gasteiger partial charge in [0.25, 0.3) is 11.5 Å². The third kappa shape index (κ3) is 3.70. The lowest BCUT2D eigenvalue weighted by molar-refractivity contribution is -0.139. The molecule has 1 rings (SSSR count). The van der Waals surface area contributed by atoms with Gasteiger partial charge in [-0.2, -0.15) is 0 Å². The molecular weight excluding hydrogens is 268 g/mol. The zero-order chi connectivity index (χ0) is 15.4. The number of nitrogens with two attached hydrogens (primary N) is 1. The molecule has 0 radical (unpaired) electrons. The summed E-state index contributed by atoms with van der Waals surface area (Å²) < 4.78 is 0. The summed E-state index contributed by atoms with van der Waals surface area (Å²) in [7, 11) is 0. The van der Waals surface area contributed by atoms with Crippen LogP contribution in [0.1, 0.15) is 30.8 Å². The molecule has 1 amide bonds. The van der Waals surface area contributed by atoms with Crippen LogP contribution in [0.15, 0.2) is 9.59 Å². The zero-order valence-corrected chi connectivity index (χ0v) is 11.0. The van der Waals surface area contributed by atoms with Gasteiger partial charge in [-0.05, 0) is 12.3 Å². The molecule has 1 atom stereocenters. The normalized spacial score (nSPS) is 12.2. The predicted octanol–water partition coefficient (Wildman–Crippen LogP) is -1.13. The van der Waals surface area contributed by atoms with E-state index in [9.17, 15) is 19.2 Å². The lowest BCUT2D eigenvalue weighted by Crippen LogP contribution is -2.43. The van der Waals surface area contributed by atoms with Crippen LogP contribution in [0.3, 0.4) is 0 Å². The third-order valence-electron chi connectivity index (χ3n) is 2.52. The fourth-order valence-electron chi connectivity index (χ4n) is 1.60. The monoisotopic (exact) mass is 284 g/mol. The highest BCUT2D eigenvalue weighted by molar-refractivity contribution is 5.98. The van der Waals surface area contributed by atoms with Gasteiger partial charge in [0.2, 0.25) is 0 Å². The SMILES string of the molecule is CC(C)CC(NC(=O)c1[nH]c(=O)[nH]c(=O)c1N)C(=O)O. The van der Waals surface area contributed by atoms with Crippen LogP contribution in [0.25, 0.3) is 0 Å². The van der Waals surface area contributed by atoms with E-state index >= 15 is 0 Å². The molecule has 0 saturated carbocycles. The number of nitrogens with one attached hydrogen (secondary N) is 3. The van der Waals surface area contributed by atoms with Crippen LogP contribution in [0.4, 0.5) is 5.69 Å². The molecule has 0 aliphatic carbocycles. The predicted molar refractivity (Wildman–Crippen MR) is 70.4 cm³/mol. The van der Waals surface area contributed by atoms with E-state index in [4.69, 9.17) is 10.8 Å². The Labute approximate surface area is 113 Å². The maximum absolute atomic E-state index is 11.9. The number of amides is 1. The average Bonchev–Trinajstić information content (AvgIpc) is 2.32. The summed E-state index contributed by atoms with van der Waals surface area (Å²) in [5, 5.41) is 11.2. The molecule has 110 valence electrons. The third-order valence-corrected chi connectivity index (χ3v) is 2.52. The van der Waals surface area contributed by atoms with E-state index in [0.717, 1.165) is 0 Å². The van der Waals surface area contributed by atoms with E-state index in [1.165, 1.54) is 0 Å². The number of carbonyl (C=O) groups is 2. The molecule has 1 unspecified atom stereocenters. The molecule has 1 heterocycles. The van der Waals surface area contributed by atoms with Crippen LogP contribution >= 0.6 is 0 Å². The topological polar surface area (TPSA) is 158 Å². The van der Waals surface area contributed by atoms with E-state index in [2.05, 4.69) is 10.3 Å². The number of aliphatic carboxylic acids is 1. The molecule has 0 aliphatic heterocycles. The molecule has 0 saturated heterocycles. The smallest absolute Gasteiger partial charge is 0.326 e. The zero-order valence-electron chi connectivity index (χ0n) is 11.0. The summed E-state index contributed by atoms with van der Waals surface area (Å²) in [6, 6.07) is -1.13. The number of carboxylic acid groups (broad SMARTS) is 1. The van der Waals surface area contributed by atoms with E-state index < -0.39 is 40.5 Å². The maximum atomic E-state index is 11.9. The van der Waals surface area contributed by atoms with Crippen LogP contribution in [0.5, 0.6) is 0 Å². The average molecular weight is 284 g/mol. The van der Waals surface area contributed by atoms with Gasteiger partial charge in [-0.3, -0.25) is 14.6 Å². The Kier molecular flexibility index (Phi) is 4.68. The first kappa shape index (κ1) is 15.5. The highest BCUT2D eigenvalue weighted by Gasteiger charge is 2.23. The molecule has 20 heavy (non-hydrogen) atoms. The Morgan fingerprint density at radius 1 is 1.30 bits per heavy atom. The Morgan fingerprint density at radius 2 is 1.90 bits per heavy atom. The molecule has 1 aromatic rings. The van der Waals surface area contributed by atoms with Crippen molar-refractivity contribution in [3.8, 4) is 0 Å². The largest absolute Gasteiger partial charge is 0.480 e. The molecule has 0 aromatic carbocycles. The first-order chi connectivity index (χ1) is 9.22. The number of aromatic amines is 2. The second-order valence-electron chi connectivity index (χ2n) is 4.69. The van der Waals surface area contributed by atoms with Crippen LogP contribution in [-0.4, -0.2) is 33.0 Å². The van der Waals surface area contributed by atoms with Gasteiger partial charge < -0.3 is 21.1 Å². The fraction of sp³-hybridized carbons (Fsp3) is 0.455. The number of rotatable bonds is 5. The summed E-state index contributed by atoms with van der Waals surface area (Å²) in [5.41, 5.74) is 2.65. The van der Waals surface area contributed by atoms with E-state index in [1.54, 1.807) is 13.8 Å². The Hall–Kier alpha value is -2.58. The lowest BCUT2D eigenvalue weighted by Gasteiger charge is -2.16. The molecule has 1 aromatic heterocycles. The summed E-state index contributed by atoms with van der Waals surface area (Å²) in [4.78, 5) is 49.2. The minimum absolute atomic E-state index is 0.0342. The number of nitrogen functional groups attached to an aromatic ring is 1. The van der Waals surface area contributed by atoms with Crippen molar-refractivity contribution < 1.29 is 14.7 Å². The second kappa shape index (κ2) is 6.04. The molecule has 0 spiro atoms. The highest BCUT2D eigenvalue weighted by Crippen LogP contribution is 2.07. The first-order valence-electron chi connectivity index (χ1n) is 5.88. The van der Waals surface area contributed by atoms with Crippen molar-refractivity contribution in [2.45, 2.75) is 26.3 Å². The number of hydrogen-bond acceptors (Lipinski definition) is 5. The molecule has 0 aliphatic rings. The van der Waals surface area contributed by atoms with Crippen LogP contribution < -0.4 is 22.3 Å². The van der Waals surface area contributed by atoms with Gasteiger partial charge in [0.1, 0.15) is 17.4 Å². The Morgan fingerprint density at radius 3 is 2.40 bits per heavy atom. The van der Waals surface area contributed by atoms with Crippen molar-refractivity contribution >= 4 is 17.6 Å². The van der Waals surface area contributed by atoms with Crippen molar-refractivity contribution in [2.24, 2.45) is 5.92 Å². The quantitative estimate of drug-likeness (QED) is 0.460. The van der Waals surface area contributed by atoms with Gasteiger partial charge in [-0.1, -0.05) is 13.8 Å². The van der Waals surface area contributed by atoms with E-state index in [-0.39, 0.29) is 12.3 Å². The molecule has 0 bridgehead atoms. The van der Waals surface area contributed by atoms with E-state index in [0.29, 0.717) is 0 Å². The maximum Gasteiger partial charge on any atom is 0.326 e. The summed E-state index contributed by atoms with van der Waals surface area (Å²) in [6.45, 7) is 3.59. The lowest BCUT2D eigenvalue weighted by atomic mass is 10.0. The summed E-state index contributed by atoms with van der Waals surface area (Å²) in [5.74, 6) is -2.09. The van der Waals surface area contributed by atoms with Gasteiger partial charge in [0, 0.05) is 0 Å². The Bertz CT molecular complexity index is 630. The second-order valence-corrected chi connectivity index (χ2v) is 4.69. The molecular formula is C11H16N4O5. The van der Waals surface area contributed by atoms with Crippen molar-refractivity contribution in [3.05, 3.63) is 26.5 Å². The van der Waals surface area contributed by atoms with Crippen LogP contribution in [0.2, 0.25) is 0 Å². The van der Waals surface area contributed by atoms with Crippen LogP contribution in [0, 0.1) is 5.92 Å².